The molecule has 4 saturated heterocycles. The minimum atomic E-state index is -4.31. The molecule has 9 N–H and O–H groups in total. The van der Waals surface area contributed by atoms with Gasteiger partial charge >= 0.3 is 30.2 Å². The molecule has 0 aliphatic carbocycles. The van der Waals surface area contributed by atoms with Crippen LogP contribution < -0.4 is 16.0 Å². The van der Waals surface area contributed by atoms with Crippen LogP contribution in [-0.4, -0.2) is 298 Å². The van der Waals surface area contributed by atoms with Crippen molar-refractivity contribution in [3.8, 4) is 0 Å². The smallest absolute Gasteiger partial charge is 0.407 e. The van der Waals surface area contributed by atoms with Gasteiger partial charge in [-0.2, -0.15) is 12.9 Å². The van der Waals surface area contributed by atoms with Crippen LogP contribution in [0.3, 0.4) is 0 Å². The zero-order valence-electron chi connectivity index (χ0n) is 78.9. The molecule has 4 radical (unpaired) electrons. The third-order valence-electron chi connectivity index (χ3n) is 21.8. The van der Waals surface area contributed by atoms with Crippen molar-refractivity contribution in [3.63, 3.8) is 0 Å². The van der Waals surface area contributed by atoms with E-state index in [4.69, 9.17) is 52.5 Å². The SMILES string of the molecule is CC(C)CN(C[C@@H](O)[C@H](Cc1ccccc1)NC(=O)O[C@H]1CCOC1)S(=O)(=O)c1ccc([N+](=O)[O-])cc1.CC(C)CN(C[C@@H](OC(=O)CCCCO)[C@H](Cc1ccccc1)NC(=O)O[C@H]1CCOC1)S(=O)(=O)c1ccc([N+](=O)[O-])cc1.CC(C)CN(C[C@@H](OC(=O)CCCCO[C@@H]1OC(CO)[C@@H](O)C(O)[C@@H]1O)[C@H](Cc1ccccc1)NC(=O)O[C@H]1CCOC1)S(=O)(=O)c1ccc([N+](=O)[O-])cc1.[Ac].[Ac].[Ac].[Ac]. The quantitative estimate of drug-likeness (QED) is 0.00589. The Morgan fingerprint density at radius 1 is 0.429 bits per heavy atom. The first kappa shape index (κ1) is 128. The second-order valence-corrected chi connectivity index (χ2v) is 40.0. The van der Waals surface area contributed by atoms with Crippen molar-refractivity contribution in [3.05, 3.63) is 211 Å². The largest absolute Gasteiger partial charge is 0.459 e. The number of sulfonamides is 3. The Balaban J connectivity index is 0.000000440. The van der Waals surface area contributed by atoms with Crippen molar-refractivity contribution in [1.29, 1.82) is 0 Å². The number of nitrogens with one attached hydrogen (secondary N) is 3. The Hall–Kier alpha value is -4.67. The maximum atomic E-state index is 14.1. The van der Waals surface area contributed by atoms with Gasteiger partial charge in [-0.3, -0.25) is 39.9 Å². The standard InChI is InChI=1S/C36H51N3O15S.C30H41N3O10S.C25H33N3O8S.4Ac/c1-23(2)19-38(55(48,49)27-13-11-25(12-14-27)39(46)47)20-29(28(18-24-8-4-3-5-9-24)37-36(45)52-26-15-17-50-22-26)53-31(41)10-6-7-16-51-35-34(44)33(43)32(42)30(21-40)54-35;1-22(2)19-32(44(39,40)26-13-11-24(12-14-26)33(37)38)20-28(43-29(35)10-6-7-16-34)27(18-23-8-4-3-5-9-23)31-30(36)42-25-15-17-41-21-25;1-18(2)15-27(37(33,34)22-10-8-20(9-11-22)28(31)32)16-24(29)23(14-19-6-4-3-5-7-19)26-25(30)36-21-12-13-35-17-21;;;;/h3-5,8-9,11-14,23,26,28-30,32-35,40,42-44H,6-7,10,15-22H2,1-2H3,(H,37,45);3-5,8-9,11-14,22,25,27-28,34H,6-7,10,15-21H2,1-2H3,(H,31,36);3-11,18,21,23-24,29H,12-17H2,1-2H3,(H,26,30);;;;/t26-,28-,29+,30?,32+,33?,34-,35+;25-,27-,28+;21-,23-,24+;;;;/m000..../s1. The summed E-state index contributed by atoms with van der Waals surface area (Å²) in [6.07, 6.45) is -11.3. The zero-order valence-corrected chi connectivity index (χ0v) is 100. The van der Waals surface area contributed by atoms with Crippen LogP contribution >= 0.6 is 0 Å². The number of hydrogen-bond acceptors (Lipinski definition) is 33. The maximum Gasteiger partial charge on any atom is 0.407 e. The fraction of sp³-hybridized carbons (Fsp3) is 0.549. The van der Waals surface area contributed by atoms with E-state index < -0.39 is 168 Å². The van der Waals surface area contributed by atoms with E-state index >= 15 is 0 Å². The van der Waals surface area contributed by atoms with Crippen molar-refractivity contribution in [2.45, 2.75) is 219 Å². The third kappa shape index (κ3) is 42.9. The Bertz CT molecular complexity index is 5090. The number of rotatable bonds is 49. The van der Waals surface area contributed by atoms with Gasteiger partial charge in [-0.25, -0.2) is 39.6 Å². The van der Waals surface area contributed by atoms with Gasteiger partial charge in [-0.15, -0.1) is 0 Å². The number of aliphatic hydroxyl groups excluding tert-OH is 6. The molecule has 42 nitrogen and oxygen atoms in total. The maximum absolute atomic E-state index is 14.1. The van der Waals surface area contributed by atoms with Gasteiger partial charge in [-0.1, -0.05) is 133 Å². The molecule has 4 aliphatic heterocycles. The summed E-state index contributed by atoms with van der Waals surface area (Å²) in [6.45, 7) is 11.4. The molecular formula is C91H125Ac4N9O33S3. The number of carbonyl (C=O) groups excluding carboxylic acids is 5. The molecule has 0 saturated carbocycles. The summed E-state index contributed by atoms with van der Waals surface area (Å²) < 4.78 is 141. The van der Waals surface area contributed by atoms with Gasteiger partial charge in [0.2, 0.25) is 30.1 Å². The van der Waals surface area contributed by atoms with Crippen LogP contribution in [0.25, 0.3) is 0 Å². The fourth-order valence-electron chi connectivity index (χ4n) is 14.8. The van der Waals surface area contributed by atoms with E-state index in [1.54, 1.807) is 44.2 Å². The second kappa shape index (κ2) is 65.2. The summed E-state index contributed by atoms with van der Waals surface area (Å²) in [5, 5.41) is 102. The molecule has 2 unspecified atom stereocenters. The minimum Gasteiger partial charge on any atom is -0.459 e. The van der Waals surface area contributed by atoms with Crippen molar-refractivity contribution >= 4 is 77.4 Å². The Kier molecular flexibility index (Phi) is 59.5. The second-order valence-electron chi connectivity index (χ2n) is 34.2. The molecule has 0 spiro atoms. The van der Waals surface area contributed by atoms with Crippen LogP contribution in [0.4, 0.5) is 31.4 Å². The minimum absolute atomic E-state index is 0. The normalized spacial score (nSPS) is 19.2. The van der Waals surface area contributed by atoms with E-state index in [-0.39, 0.29) is 336 Å². The van der Waals surface area contributed by atoms with Crippen LogP contribution in [0.5, 0.6) is 0 Å². The molecule has 4 fully saturated rings. The van der Waals surface area contributed by atoms with Gasteiger partial charge in [0, 0.05) is 284 Å². The molecule has 6 aromatic carbocycles. The third-order valence-corrected chi connectivity index (χ3v) is 27.4. The number of unbranched alkanes of at least 4 members (excludes halogenated alkanes) is 2. The fourth-order valence-corrected chi connectivity index (χ4v) is 19.7. The van der Waals surface area contributed by atoms with E-state index in [9.17, 15) is 105 Å². The van der Waals surface area contributed by atoms with Crippen LogP contribution in [-0.2, 0) is 106 Å². The van der Waals surface area contributed by atoms with Gasteiger partial charge in [0.05, 0.1) is 113 Å². The number of alkyl carbamates (subject to hydrolysis) is 3. The summed E-state index contributed by atoms with van der Waals surface area (Å²) in [5.74, 6) is -1.75. The number of ether oxygens (including phenoxy) is 10. The number of esters is 2. The molecule has 14 atom stereocenters. The van der Waals surface area contributed by atoms with Gasteiger partial charge in [0.1, 0.15) is 54.9 Å². The van der Waals surface area contributed by atoms with Gasteiger partial charge in [-0.05, 0) is 116 Å². The summed E-state index contributed by atoms with van der Waals surface area (Å²) in [7, 11) is -12.6. The van der Waals surface area contributed by atoms with Crippen LogP contribution in [0, 0.1) is 224 Å². The molecule has 0 aromatic heterocycles. The molecular weight excluding hydrogens is 2750 g/mol. The summed E-state index contributed by atoms with van der Waals surface area (Å²) in [4.78, 5) is 96.3. The van der Waals surface area contributed by atoms with Gasteiger partial charge in [0.25, 0.3) is 17.1 Å². The van der Waals surface area contributed by atoms with Crippen LogP contribution in [0.2, 0.25) is 0 Å². The number of non-ortho nitro benzene ring substituents is 3. The van der Waals surface area contributed by atoms with Crippen molar-refractivity contribution in [2.75, 3.05) is 98.7 Å². The molecule has 762 valence electrons. The molecule has 49 heteroatoms. The van der Waals surface area contributed by atoms with Gasteiger partial charge < -0.3 is 94.0 Å². The predicted molar refractivity (Wildman–Crippen MR) is 489 cm³/mol. The molecule has 3 amide bonds. The van der Waals surface area contributed by atoms with E-state index in [0.717, 1.165) is 86.0 Å². The van der Waals surface area contributed by atoms with Crippen molar-refractivity contribution < 1.29 is 318 Å². The van der Waals surface area contributed by atoms with Crippen molar-refractivity contribution in [1.82, 2.24) is 28.9 Å². The monoisotopic (exact) mass is 2880 g/mol. The van der Waals surface area contributed by atoms with E-state index in [1.165, 1.54) is 16.4 Å². The predicted octanol–water partition coefficient (Wildman–Crippen LogP) is 7.44. The number of nitro groups is 3. The number of aliphatic hydroxyl groups is 6. The number of amides is 3. The van der Waals surface area contributed by atoms with E-state index in [2.05, 4.69) is 16.0 Å². The number of nitro benzene ring substituents is 3. The first-order chi connectivity index (χ1) is 64.7. The molecule has 140 heavy (non-hydrogen) atoms. The van der Waals surface area contributed by atoms with E-state index in [0.29, 0.717) is 58.5 Å². The average molecular weight is 2880 g/mol. The Morgan fingerprint density at radius 2 is 0.743 bits per heavy atom. The molecule has 0 bridgehead atoms. The summed E-state index contributed by atoms with van der Waals surface area (Å²) in [5.41, 5.74) is 1.61. The molecule has 4 aliphatic rings. The van der Waals surface area contributed by atoms with Crippen molar-refractivity contribution in [2.24, 2.45) is 17.8 Å². The first-order valence-corrected chi connectivity index (χ1v) is 49.2. The molecule has 10 rings (SSSR count). The Morgan fingerprint density at radius 3 is 1.04 bits per heavy atom. The Labute approximate surface area is 958 Å². The molecule has 4 heterocycles. The van der Waals surface area contributed by atoms with Gasteiger partial charge in [0.15, 0.2) is 6.29 Å². The summed E-state index contributed by atoms with van der Waals surface area (Å²) >= 11 is 0. The van der Waals surface area contributed by atoms with Crippen LogP contribution in [0.1, 0.15) is 116 Å². The first-order valence-electron chi connectivity index (χ1n) is 44.8. The number of nitrogens with zero attached hydrogens (tertiary/aromatic N) is 6. The zero-order chi connectivity index (χ0) is 99.2. The molecule has 6 aromatic rings. The average Bonchev–Trinajstić information content (AvgIpc) is 1.31. The van der Waals surface area contributed by atoms with Crippen LogP contribution in [0.15, 0.2) is 178 Å². The van der Waals surface area contributed by atoms with E-state index in [1.807, 2.05) is 88.4 Å². The summed E-state index contributed by atoms with van der Waals surface area (Å²) in [6, 6.07) is 38.2. The number of carbonyl (C=O) groups is 5. The topological polar surface area (TPSA) is 577 Å². The number of benzene rings is 6. The number of hydrogen-bond donors (Lipinski definition) is 9.